The second-order valence-electron chi connectivity index (χ2n) is 5.72. The number of anilines is 2. The molecule has 1 aliphatic rings. The minimum absolute atomic E-state index is 0.0216. The molecular formula is C16H14F3N3O2S2. The molecule has 0 saturated heterocycles. The monoisotopic (exact) mass is 401 g/mol. The maximum absolute atomic E-state index is 12.9. The third kappa shape index (κ3) is 3.85. The Morgan fingerprint density at radius 3 is 2.77 bits per heavy atom. The number of carbonyl (C=O) groups excluding carboxylic acids is 2. The molecule has 0 bridgehead atoms. The van der Waals surface area contributed by atoms with Crippen molar-refractivity contribution < 1.29 is 22.8 Å². The molecular weight excluding hydrogens is 387 g/mol. The summed E-state index contributed by atoms with van der Waals surface area (Å²) in [6, 6.07) is 2.95. The van der Waals surface area contributed by atoms with Crippen molar-refractivity contribution in [2.75, 3.05) is 16.8 Å². The van der Waals surface area contributed by atoms with E-state index in [1.54, 1.807) is 6.92 Å². The summed E-state index contributed by atoms with van der Waals surface area (Å²) in [7, 11) is 0. The molecule has 0 radical (unpaired) electrons. The number of hydrogen-bond acceptors (Lipinski definition) is 5. The number of nitrogens with one attached hydrogen (secondary N) is 1. The fraction of sp³-hybridized carbons (Fsp3) is 0.312. The zero-order valence-electron chi connectivity index (χ0n) is 13.8. The summed E-state index contributed by atoms with van der Waals surface area (Å²) >= 11 is 2.66. The van der Waals surface area contributed by atoms with Crippen molar-refractivity contribution in [2.24, 2.45) is 0 Å². The summed E-state index contributed by atoms with van der Waals surface area (Å²) in [5, 5.41) is 3.72. The van der Waals surface area contributed by atoms with Crippen molar-refractivity contribution >= 4 is 46.3 Å². The van der Waals surface area contributed by atoms with Gasteiger partial charge in [0.15, 0.2) is 4.34 Å². The van der Waals surface area contributed by atoms with Gasteiger partial charge in [-0.1, -0.05) is 11.8 Å². The minimum Gasteiger partial charge on any atom is -0.323 e. The molecule has 0 aliphatic carbocycles. The molecule has 0 fully saturated rings. The number of thiazole rings is 1. The fourth-order valence-corrected chi connectivity index (χ4v) is 4.52. The van der Waals surface area contributed by atoms with Gasteiger partial charge in [0.2, 0.25) is 11.8 Å². The van der Waals surface area contributed by atoms with Gasteiger partial charge >= 0.3 is 6.18 Å². The van der Waals surface area contributed by atoms with Gasteiger partial charge in [-0.15, -0.1) is 11.3 Å². The average Bonchev–Trinajstić information content (AvgIpc) is 2.96. The fourth-order valence-electron chi connectivity index (χ4n) is 2.47. The number of amides is 2. The van der Waals surface area contributed by atoms with E-state index in [9.17, 15) is 22.8 Å². The molecule has 2 amide bonds. The summed E-state index contributed by atoms with van der Waals surface area (Å²) in [5.41, 5.74) is 0.197. The molecule has 5 nitrogen and oxygen atoms in total. The molecule has 26 heavy (non-hydrogen) atoms. The first-order valence-corrected chi connectivity index (χ1v) is 9.32. The first-order valence-electron chi connectivity index (χ1n) is 7.56. The highest BCUT2D eigenvalue weighted by atomic mass is 32.2. The Morgan fingerprint density at radius 2 is 2.15 bits per heavy atom. The number of benzene rings is 1. The number of alkyl halides is 3. The van der Waals surface area contributed by atoms with Crippen LogP contribution in [0, 0.1) is 6.92 Å². The lowest BCUT2D eigenvalue weighted by Gasteiger charge is -2.31. The third-order valence-corrected chi connectivity index (χ3v) is 5.86. The van der Waals surface area contributed by atoms with Gasteiger partial charge in [-0.2, -0.15) is 13.2 Å². The molecule has 0 saturated carbocycles. The van der Waals surface area contributed by atoms with Gasteiger partial charge in [-0.25, -0.2) is 4.98 Å². The van der Waals surface area contributed by atoms with E-state index < -0.39 is 22.9 Å². The van der Waals surface area contributed by atoms with E-state index in [1.165, 1.54) is 34.1 Å². The Bertz CT molecular complexity index is 867. The lowest BCUT2D eigenvalue weighted by molar-refractivity contribution is -0.137. The Labute approximate surface area is 155 Å². The van der Waals surface area contributed by atoms with Crippen LogP contribution < -0.4 is 10.2 Å². The van der Waals surface area contributed by atoms with E-state index in [2.05, 4.69) is 10.3 Å². The van der Waals surface area contributed by atoms with Gasteiger partial charge in [0, 0.05) is 11.1 Å². The van der Waals surface area contributed by atoms with Crippen molar-refractivity contribution in [1.29, 1.82) is 0 Å². The van der Waals surface area contributed by atoms with E-state index in [-0.39, 0.29) is 23.8 Å². The van der Waals surface area contributed by atoms with Gasteiger partial charge in [-0.05, 0) is 32.0 Å². The standard InChI is InChI=1S/C16H14F3N3O2S2/c1-8-7-25-15(20-8)26-9(2)14(24)22-6-13(23)21-11-5-10(16(17,18)19)3-4-12(11)22/h3-5,7,9H,6H2,1-2H3,(H,21,23). The van der Waals surface area contributed by atoms with Crippen LogP contribution in [0.3, 0.4) is 0 Å². The molecule has 1 aromatic heterocycles. The lowest BCUT2D eigenvalue weighted by Crippen LogP contribution is -2.45. The maximum Gasteiger partial charge on any atom is 0.416 e. The third-order valence-electron chi connectivity index (χ3n) is 3.68. The van der Waals surface area contributed by atoms with Crippen molar-refractivity contribution in [3.05, 3.63) is 34.8 Å². The topological polar surface area (TPSA) is 62.3 Å². The van der Waals surface area contributed by atoms with Crippen molar-refractivity contribution in [1.82, 2.24) is 4.98 Å². The number of aromatic nitrogens is 1. The lowest BCUT2D eigenvalue weighted by atomic mass is 10.1. The van der Waals surface area contributed by atoms with Crippen LogP contribution in [-0.2, 0) is 15.8 Å². The molecule has 1 unspecified atom stereocenters. The van der Waals surface area contributed by atoms with Crippen LogP contribution in [0.2, 0.25) is 0 Å². The highest BCUT2D eigenvalue weighted by Crippen LogP contribution is 2.38. The highest BCUT2D eigenvalue weighted by Gasteiger charge is 2.35. The number of hydrogen-bond donors (Lipinski definition) is 1. The minimum atomic E-state index is -4.53. The summed E-state index contributed by atoms with van der Waals surface area (Å²) in [5.74, 6) is -0.897. The Kier molecular flexibility index (Phi) is 4.98. The molecule has 1 aromatic carbocycles. The summed E-state index contributed by atoms with van der Waals surface area (Å²) in [4.78, 5) is 30.2. The highest BCUT2D eigenvalue weighted by molar-refractivity contribution is 8.02. The van der Waals surface area contributed by atoms with E-state index >= 15 is 0 Å². The van der Waals surface area contributed by atoms with Gasteiger partial charge in [-0.3, -0.25) is 14.5 Å². The van der Waals surface area contributed by atoms with Crippen LogP contribution >= 0.6 is 23.1 Å². The molecule has 1 N–H and O–H groups in total. The summed E-state index contributed by atoms with van der Waals surface area (Å²) in [6.07, 6.45) is -4.53. The summed E-state index contributed by atoms with van der Waals surface area (Å²) in [6.45, 7) is 3.29. The Balaban J connectivity index is 1.86. The Morgan fingerprint density at radius 1 is 1.42 bits per heavy atom. The number of rotatable bonds is 3. The van der Waals surface area contributed by atoms with E-state index in [4.69, 9.17) is 0 Å². The van der Waals surface area contributed by atoms with Crippen LogP contribution in [0.25, 0.3) is 0 Å². The number of nitrogens with zero attached hydrogens (tertiary/aromatic N) is 2. The van der Waals surface area contributed by atoms with Crippen molar-refractivity contribution in [3.63, 3.8) is 0 Å². The number of fused-ring (bicyclic) bond motifs is 1. The zero-order chi connectivity index (χ0) is 19.1. The maximum atomic E-state index is 12.9. The predicted molar refractivity (Wildman–Crippen MR) is 94.6 cm³/mol. The van der Waals surface area contributed by atoms with Gasteiger partial charge in [0.05, 0.1) is 22.2 Å². The van der Waals surface area contributed by atoms with Crippen LogP contribution in [0.1, 0.15) is 18.2 Å². The van der Waals surface area contributed by atoms with Crippen LogP contribution in [0.4, 0.5) is 24.5 Å². The van der Waals surface area contributed by atoms with Gasteiger partial charge < -0.3 is 5.32 Å². The van der Waals surface area contributed by atoms with Crippen LogP contribution in [0.5, 0.6) is 0 Å². The molecule has 10 heteroatoms. The molecule has 2 aromatic rings. The number of aryl methyl sites for hydroxylation is 1. The molecule has 1 atom stereocenters. The number of halogens is 3. The zero-order valence-corrected chi connectivity index (χ0v) is 15.4. The molecule has 3 rings (SSSR count). The smallest absolute Gasteiger partial charge is 0.323 e. The predicted octanol–water partition coefficient (Wildman–Crippen LogP) is 3.94. The van der Waals surface area contributed by atoms with Crippen LogP contribution in [0.15, 0.2) is 27.9 Å². The van der Waals surface area contributed by atoms with Crippen molar-refractivity contribution in [3.8, 4) is 0 Å². The second kappa shape index (κ2) is 6.92. The first kappa shape index (κ1) is 18.7. The van der Waals surface area contributed by atoms with E-state index in [1.807, 2.05) is 12.3 Å². The largest absolute Gasteiger partial charge is 0.416 e. The molecule has 0 spiro atoms. The summed E-state index contributed by atoms with van der Waals surface area (Å²) < 4.78 is 39.4. The normalized spacial score (nSPS) is 15.4. The molecule has 2 heterocycles. The Hall–Kier alpha value is -2.07. The van der Waals surface area contributed by atoms with E-state index in [0.29, 0.717) is 0 Å². The van der Waals surface area contributed by atoms with Gasteiger partial charge in [0.25, 0.3) is 0 Å². The van der Waals surface area contributed by atoms with Crippen LogP contribution in [-0.4, -0.2) is 28.6 Å². The van der Waals surface area contributed by atoms with E-state index in [0.717, 1.165) is 22.2 Å². The number of thioether (sulfide) groups is 1. The van der Waals surface area contributed by atoms with Crippen molar-refractivity contribution in [2.45, 2.75) is 29.6 Å². The quantitative estimate of drug-likeness (QED) is 0.792. The molecule has 1 aliphatic heterocycles. The second-order valence-corrected chi connectivity index (χ2v) is 8.16. The average molecular weight is 401 g/mol. The first-order chi connectivity index (χ1) is 12.1. The SMILES string of the molecule is Cc1csc(SC(C)C(=O)N2CC(=O)Nc3cc(C(F)(F)F)ccc32)n1. The molecule has 138 valence electrons. The number of carbonyl (C=O) groups is 2. The van der Waals surface area contributed by atoms with Gasteiger partial charge in [0.1, 0.15) is 6.54 Å².